The number of ether oxygens (including phenoxy) is 2. The van der Waals surface area contributed by atoms with Crippen LogP contribution < -0.4 is 5.32 Å². The zero-order valence-corrected chi connectivity index (χ0v) is 13.5. The summed E-state index contributed by atoms with van der Waals surface area (Å²) in [6, 6.07) is 0. The molecule has 0 fully saturated rings. The highest BCUT2D eigenvalue weighted by molar-refractivity contribution is 5.75. The molecule has 118 valence electrons. The van der Waals surface area contributed by atoms with E-state index in [9.17, 15) is 14.7 Å². The van der Waals surface area contributed by atoms with Crippen LogP contribution in [0.25, 0.3) is 0 Å². The van der Waals surface area contributed by atoms with Crippen molar-refractivity contribution in [3.63, 3.8) is 0 Å². The first kappa shape index (κ1) is 18.7. The fourth-order valence-corrected chi connectivity index (χ4v) is 1.11. The molecule has 0 saturated carbocycles. The molecule has 0 aromatic heterocycles. The van der Waals surface area contributed by atoms with Gasteiger partial charge in [0.05, 0.1) is 17.6 Å². The molecule has 0 bridgehead atoms. The van der Waals surface area contributed by atoms with E-state index in [0.717, 1.165) is 0 Å². The molecule has 6 heteroatoms. The van der Waals surface area contributed by atoms with Gasteiger partial charge >= 0.3 is 12.1 Å². The molecule has 1 atom stereocenters. The van der Waals surface area contributed by atoms with Crippen LogP contribution in [0, 0.1) is 5.41 Å². The zero-order chi connectivity index (χ0) is 16.2. The Kier molecular flexibility index (Phi) is 6.02. The normalized spacial score (nSPS) is 15.2. The molecule has 0 aliphatic rings. The number of aliphatic hydroxyl groups is 1. The summed E-state index contributed by atoms with van der Waals surface area (Å²) >= 11 is 0. The van der Waals surface area contributed by atoms with E-state index in [-0.39, 0.29) is 13.2 Å². The predicted octanol–water partition coefficient (Wildman–Crippen LogP) is 1.85. The van der Waals surface area contributed by atoms with Gasteiger partial charge in [-0.2, -0.15) is 0 Å². The molecule has 2 N–H and O–H groups in total. The minimum absolute atomic E-state index is 0.126. The third-order valence-electron chi connectivity index (χ3n) is 2.29. The molecule has 6 nitrogen and oxygen atoms in total. The third kappa shape index (κ3) is 7.33. The fourth-order valence-electron chi connectivity index (χ4n) is 1.11. The molecule has 0 aromatic carbocycles. The van der Waals surface area contributed by atoms with Gasteiger partial charge in [-0.1, -0.05) is 0 Å². The van der Waals surface area contributed by atoms with Crippen molar-refractivity contribution in [3.8, 4) is 0 Å². The first-order valence-corrected chi connectivity index (χ1v) is 6.58. The molecule has 0 spiro atoms. The van der Waals surface area contributed by atoms with Crippen molar-refractivity contribution < 1.29 is 24.2 Å². The Labute approximate surface area is 120 Å². The van der Waals surface area contributed by atoms with Crippen LogP contribution in [0.1, 0.15) is 48.5 Å². The lowest BCUT2D eigenvalue weighted by molar-refractivity contribution is -0.155. The second-order valence-electron chi connectivity index (χ2n) is 7.17. The van der Waals surface area contributed by atoms with Crippen LogP contribution in [0.2, 0.25) is 0 Å². The maximum atomic E-state index is 11.7. The zero-order valence-electron chi connectivity index (χ0n) is 13.5. The van der Waals surface area contributed by atoms with Gasteiger partial charge in [0.2, 0.25) is 0 Å². The highest BCUT2D eigenvalue weighted by Gasteiger charge is 2.32. The lowest BCUT2D eigenvalue weighted by atomic mass is 9.97. The van der Waals surface area contributed by atoms with Crippen LogP contribution in [-0.4, -0.2) is 41.5 Å². The molecule has 0 rings (SSSR count). The van der Waals surface area contributed by atoms with Crippen molar-refractivity contribution in [2.75, 3.05) is 13.2 Å². The smallest absolute Gasteiger partial charge is 0.408 e. The number of hydrogen-bond donors (Lipinski definition) is 2. The van der Waals surface area contributed by atoms with E-state index in [1.165, 1.54) is 0 Å². The standard InChI is InChI=1S/C14H27NO5/c1-12(2,3)10(17)19-9-14(7,8-16)15-11(18)20-13(4,5)6/h16H,8-9H2,1-7H3,(H,15,18)/t14-/m1/s1. The number of rotatable bonds is 4. The Bertz CT molecular complexity index is 354. The van der Waals surface area contributed by atoms with E-state index >= 15 is 0 Å². The average molecular weight is 289 g/mol. The summed E-state index contributed by atoms with van der Waals surface area (Å²) in [6.45, 7) is 11.5. The number of carbonyl (C=O) groups excluding carboxylic acids is 2. The van der Waals surface area contributed by atoms with Crippen molar-refractivity contribution in [3.05, 3.63) is 0 Å². The first-order valence-electron chi connectivity index (χ1n) is 6.58. The maximum Gasteiger partial charge on any atom is 0.408 e. The van der Waals surface area contributed by atoms with Gasteiger partial charge in [-0.05, 0) is 48.5 Å². The molecule has 0 aliphatic heterocycles. The largest absolute Gasteiger partial charge is 0.463 e. The topological polar surface area (TPSA) is 84.9 Å². The molecule has 0 heterocycles. The fraction of sp³-hybridized carbons (Fsp3) is 0.857. The molecule has 0 aliphatic carbocycles. The number of nitrogens with one attached hydrogen (secondary N) is 1. The van der Waals surface area contributed by atoms with Gasteiger partial charge < -0.3 is 19.9 Å². The number of hydrogen-bond acceptors (Lipinski definition) is 5. The van der Waals surface area contributed by atoms with Crippen molar-refractivity contribution in [2.45, 2.75) is 59.6 Å². The Balaban J connectivity index is 4.56. The van der Waals surface area contributed by atoms with Gasteiger partial charge in [-0.15, -0.1) is 0 Å². The second-order valence-corrected chi connectivity index (χ2v) is 7.17. The van der Waals surface area contributed by atoms with Crippen LogP contribution in [-0.2, 0) is 14.3 Å². The molecule has 20 heavy (non-hydrogen) atoms. The van der Waals surface area contributed by atoms with Crippen LogP contribution in [0.15, 0.2) is 0 Å². The van der Waals surface area contributed by atoms with Gasteiger partial charge in [0.25, 0.3) is 0 Å². The molecule has 0 saturated heterocycles. The highest BCUT2D eigenvalue weighted by Crippen LogP contribution is 2.17. The number of amides is 1. The van der Waals surface area contributed by atoms with E-state index in [4.69, 9.17) is 9.47 Å². The van der Waals surface area contributed by atoms with Crippen LogP contribution in [0.5, 0.6) is 0 Å². The summed E-state index contributed by atoms with van der Waals surface area (Å²) in [7, 11) is 0. The summed E-state index contributed by atoms with van der Waals surface area (Å²) in [6.07, 6.45) is -0.666. The summed E-state index contributed by atoms with van der Waals surface area (Å²) in [5, 5.41) is 11.9. The van der Waals surface area contributed by atoms with Crippen molar-refractivity contribution >= 4 is 12.1 Å². The summed E-state index contributed by atoms with van der Waals surface area (Å²) < 4.78 is 10.2. The Morgan fingerprint density at radius 3 is 1.90 bits per heavy atom. The monoisotopic (exact) mass is 289 g/mol. The quantitative estimate of drug-likeness (QED) is 0.772. The minimum atomic E-state index is -1.08. The van der Waals surface area contributed by atoms with Crippen LogP contribution in [0.4, 0.5) is 4.79 Å². The number of esters is 1. The van der Waals surface area contributed by atoms with E-state index in [2.05, 4.69) is 5.32 Å². The third-order valence-corrected chi connectivity index (χ3v) is 2.29. The lowest BCUT2D eigenvalue weighted by Crippen LogP contribution is -2.54. The van der Waals surface area contributed by atoms with Crippen molar-refractivity contribution in [1.29, 1.82) is 0 Å². The first-order chi connectivity index (χ1) is 8.79. The van der Waals surface area contributed by atoms with E-state index < -0.39 is 28.6 Å². The Hall–Kier alpha value is -1.30. The van der Waals surface area contributed by atoms with Gasteiger partial charge in [0, 0.05) is 0 Å². The second kappa shape index (κ2) is 6.43. The Morgan fingerprint density at radius 2 is 1.55 bits per heavy atom. The lowest BCUT2D eigenvalue weighted by Gasteiger charge is -2.30. The summed E-state index contributed by atoms with van der Waals surface area (Å²) in [5.74, 6) is -0.400. The minimum Gasteiger partial charge on any atom is -0.463 e. The highest BCUT2D eigenvalue weighted by atomic mass is 16.6. The summed E-state index contributed by atoms with van der Waals surface area (Å²) in [4.78, 5) is 23.4. The van der Waals surface area contributed by atoms with Gasteiger partial charge in [0.15, 0.2) is 0 Å². The van der Waals surface area contributed by atoms with Crippen LogP contribution >= 0.6 is 0 Å². The molecule has 0 aromatic rings. The Morgan fingerprint density at radius 1 is 1.05 bits per heavy atom. The maximum absolute atomic E-state index is 11.7. The number of carbonyl (C=O) groups is 2. The van der Waals surface area contributed by atoms with E-state index in [1.54, 1.807) is 48.5 Å². The van der Waals surface area contributed by atoms with Gasteiger partial charge in [0.1, 0.15) is 12.2 Å². The predicted molar refractivity (Wildman–Crippen MR) is 75.3 cm³/mol. The van der Waals surface area contributed by atoms with Crippen molar-refractivity contribution in [1.82, 2.24) is 5.32 Å². The molecule has 1 amide bonds. The SMILES string of the molecule is CC(C)(C)OC(=O)N[C@](C)(CO)COC(=O)C(C)(C)C. The molecular formula is C14H27NO5. The van der Waals surface area contributed by atoms with Gasteiger partial charge in [-0.25, -0.2) is 4.79 Å². The molecule has 0 unspecified atom stereocenters. The number of alkyl carbamates (subject to hydrolysis) is 1. The molecular weight excluding hydrogens is 262 g/mol. The van der Waals surface area contributed by atoms with Crippen LogP contribution in [0.3, 0.4) is 0 Å². The van der Waals surface area contributed by atoms with E-state index in [1.807, 2.05) is 0 Å². The summed E-state index contributed by atoms with van der Waals surface area (Å²) in [5.41, 5.74) is -2.35. The number of aliphatic hydroxyl groups excluding tert-OH is 1. The molecule has 0 radical (unpaired) electrons. The average Bonchev–Trinajstić information content (AvgIpc) is 2.21. The van der Waals surface area contributed by atoms with E-state index in [0.29, 0.717) is 0 Å². The van der Waals surface area contributed by atoms with Crippen molar-refractivity contribution in [2.24, 2.45) is 5.41 Å². The van der Waals surface area contributed by atoms with Gasteiger partial charge in [-0.3, -0.25) is 4.79 Å².